The van der Waals surface area contributed by atoms with Gasteiger partial charge in [0, 0.05) is 38.7 Å². The number of carbonyl (C=O) groups is 3. The first-order valence-corrected chi connectivity index (χ1v) is 17.7. The molecule has 2 aliphatic rings. The Morgan fingerprint density at radius 2 is 1.71 bits per heavy atom. The summed E-state index contributed by atoms with van der Waals surface area (Å²) in [7, 11) is 2.91. The van der Waals surface area contributed by atoms with Gasteiger partial charge < -0.3 is 38.4 Å². The molecular weight excluding hydrogens is 664 g/mol. The van der Waals surface area contributed by atoms with Crippen LogP contribution in [0.4, 0.5) is 4.79 Å². The SMILES string of the molecule is COC[C@]1(O)CCCC[C@H]1n1cnc(C(=O)N2CCN(C(=O)OCc3ccccc3)C[C@H]2CCOc2cccc(C(=O)OC)c2)c1-c1ccccc1. The van der Waals surface area contributed by atoms with Gasteiger partial charge >= 0.3 is 12.1 Å². The fourth-order valence-corrected chi connectivity index (χ4v) is 7.28. The van der Waals surface area contributed by atoms with E-state index in [4.69, 9.17) is 23.9 Å². The van der Waals surface area contributed by atoms with Gasteiger partial charge in [0.25, 0.3) is 5.91 Å². The molecule has 1 aromatic heterocycles. The summed E-state index contributed by atoms with van der Waals surface area (Å²) < 4.78 is 24.0. The fraction of sp³-hybridized carbons (Fsp3) is 0.400. The van der Waals surface area contributed by atoms with Gasteiger partial charge in [-0.15, -0.1) is 0 Å². The van der Waals surface area contributed by atoms with E-state index >= 15 is 0 Å². The molecule has 12 heteroatoms. The summed E-state index contributed by atoms with van der Waals surface area (Å²) in [6, 6.07) is 25.0. The summed E-state index contributed by atoms with van der Waals surface area (Å²) in [6.07, 6.45) is 4.69. The minimum absolute atomic E-state index is 0.136. The van der Waals surface area contributed by atoms with E-state index in [9.17, 15) is 19.5 Å². The summed E-state index contributed by atoms with van der Waals surface area (Å²) in [5, 5.41) is 11.8. The van der Waals surface area contributed by atoms with Gasteiger partial charge in [-0.2, -0.15) is 0 Å². The van der Waals surface area contributed by atoms with Crippen LogP contribution >= 0.6 is 0 Å². The number of carbonyl (C=O) groups excluding carboxylic acids is 3. The van der Waals surface area contributed by atoms with Gasteiger partial charge in [-0.1, -0.05) is 79.6 Å². The number of nitrogens with zero attached hydrogens (tertiary/aromatic N) is 4. The summed E-state index contributed by atoms with van der Waals surface area (Å²) >= 11 is 0. The molecule has 0 bridgehead atoms. The zero-order chi connectivity index (χ0) is 36.5. The second-order valence-electron chi connectivity index (χ2n) is 13.3. The lowest BCUT2D eigenvalue weighted by Gasteiger charge is -2.41. The molecule has 2 amide bonds. The van der Waals surface area contributed by atoms with E-state index < -0.39 is 23.7 Å². The third-order valence-electron chi connectivity index (χ3n) is 9.91. The highest BCUT2D eigenvalue weighted by Gasteiger charge is 2.43. The molecule has 4 aromatic rings. The van der Waals surface area contributed by atoms with Crippen LogP contribution in [-0.4, -0.2) is 101 Å². The topological polar surface area (TPSA) is 133 Å². The van der Waals surface area contributed by atoms with Crippen molar-refractivity contribution >= 4 is 18.0 Å². The molecule has 6 rings (SSSR count). The Morgan fingerprint density at radius 3 is 2.46 bits per heavy atom. The predicted molar refractivity (Wildman–Crippen MR) is 193 cm³/mol. The molecule has 2 fully saturated rings. The lowest BCUT2D eigenvalue weighted by Crippen LogP contribution is -2.57. The second-order valence-corrected chi connectivity index (χ2v) is 13.3. The minimum Gasteiger partial charge on any atom is -0.493 e. The molecule has 3 aromatic carbocycles. The number of piperazine rings is 1. The monoisotopic (exact) mass is 710 g/mol. The molecule has 2 heterocycles. The van der Waals surface area contributed by atoms with E-state index in [0.29, 0.717) is 36.3 Å². The van der Waals surface area contributed by atoms with Crippen molar-refractivity contribution in [2.45, 2.75) is 56.4 Å². The Bertz CT molecular complexity index is 1810. The van der Waals surface area contributed by atoms with Gasteiger partial charge in [-0.25, -0.2) is 14.6 Å². The number of imidazole rings is 1. The highest BCUT2D eigenvalue weighted by atomic mass is 16.6. The number of aromatic nitrogens is 2. The van der Waals surface area contributed by atoms with Gasteiger partial charge in [0.2, 0.25) is 0 Å². The third kappa shape index (κ3) is 8.29. The number of hydrogen-bond acceptors (Lipinski definition) is 9. The smallest absolute Gasteiger partial charge is 0.410 e. The lowest BCUT2D eigenvalue weighted by molar-refractivity contribution is -0.0893. The standard InChI is InChI=1S/C40H46N4O8/c1-49-27-40(48)20-10-9-18-34(40)44-28-41-35(36(44)30-14-7-4-8-15-30)37(45)43-22-21-42(39(47)52-26-29-12-5-3-6-13-29)25-32(43)19-23-51-33-17-11-16-31(24-33)38(46)50-2/h3-8,11-17,24,28,32,34,48H,9-10,18-23,25-27H2,1-2H3/t32-,34-,40-/m1/s1. The molecule has 1 saturated heterocycles. The molecule has 1 aliphatic carbocycles. The van der Waals surface area contributed by atoms with E-state index in [2.05, 4.69) is 0 Å². The quantitative estimate of drug-likeness (QED) is 0.182. The molecule has 1 saturated carbocycles. The lowest BCUT2D eigenvalue weighted by atomic mass is 9.80. The van der Waals surface area contributed by atoms with Gasteiger partial charge in [0.05, 0.1) is 50.0 Å². The average molecular weight is 711 g/mol. The number of amides is 2. The van der Waals surface area contributed by atoms with Crippen LogP contribution in [0.3, 0.4) is 0 Å². The fourth-order valence-electron chi connectivity index (χ4n) is 7.28. The van der Waals surface area contributed by atoms with Crippen molar-refractivity contribution in [1.29, 1.82) is 0 Å². The highest BCUT2D eigenvalue weighted by molar-refractivity contribution is 5.98. The van der Waals surface area contributed by atoms with Crippen LogP contribution in [0.25, 0.3) is 11.3 Å². The largest absolute Gasteiger partial charge is 0.493 e. The first kappa shape index (κ1) is 36.6. The van der Waals surface area contributed by atoms with Crippen molar-refractivity contribution in [1.82, 2.24) is 19.4 Å². The molecule has 3 atom stereocenters. The number of methoxy groups -OCH3 is 2. The van der Waals surface area contributed by atoms with E-state index in [1.54, 1.807) is 47.5 Å². The summed E-state index contributed by atoms with van der Waals surface area (Å²) in [5.74, 6) is -0.266. The summed E-state index contributed by atoms with van der Waals surface area (Å²) in [4.78, 5) is 48.2. The second kappa shape index (κ2) is 16.9. The number of rotatable bonds is 12. The maximum Gasteiger partial charge on any atom is 0.410 e. The molecule has 274 valence electrons. The molecular formula is C40H46N4O8. The minimum atomic E-state index is -1.12. The summed E-state index contributed by atoms with van der Waals surface area (Å²) in [5.41, 5.74) is 1.83. The normalized spacial score (nSPS) is 20.3. The number of benzene rings is 3. The van der Waals surface area contributed by atoms with E-state index in [-0.39, 0.29) is 57.1 Å². The molecule has 12 nitrogen and oxygen atoms in total. The summed E-state index contributed by atoms with van der Waals surface area (Å²) in [6.45, 7) is 1.26. The van der Waals surface area contributed by atoms with Crippen LogP contribution in [0.5, 0.6) is 5.75 Å². The Morgan fingerprint density at radius 1 is 0.942 bits per heavy atom. The van der Waals surface area contributed by atoms with Crippen molar-refractivity contribution in [3.8, 4) is 17.0 Å². The third-order valence-corrected chi connectivity index (χ3v) is 9.91. The molecule has 52 heavy (non-hydrogen) atoms. The maximum atomic E-state index is 14.7. The van der Waals surface area contributed by atoms with Crippen LogP contribution in [0.1, 0.15) is 64.6 Å². The van der Waals surface area contributed by atoms with Gasteiger partial charge in [-0.3, -0.25) is 4.79 Å². The molecule has 0 spiro atoms. The molecule has 1 N–H and O–H groups in total. The number of aliphatic hydroxyl groups is 1. The number of esters is 1. The highest BCUT2D eigenvalue weighted by Crippen LogP contribution is 2.41. The van der Waals surface area contributed by atoms with E-state index in [1.807, 2.05) is 65.2 Å². The van der Waals surface area contributed by atoms with Crippen molar-refractivity contribution in [3.05, 3.63) is 108 Å². The van der Waals surface area contributed by atoms with Crippen molar-refractivity contribution < 1.29 is 38.4 Å². The van der Waals surface area contributed by atoms with Crippen LogP contribution < -0.4 is 4.74 Å². The number of hydrogen-bond donors (Lipinski definition) is 1. The van der Waals surface area contributed by atoms with Gasteiger partial charge in [-0.05, 0) is 36.6 Å². The van der Waals surface area contributed by atoms with Gasteiger partial charge in [0.1, 0.15) is 18.0 Å². The maximum absolute atomic E-state index is 14.7. The zero-order valence-electron chi connectivity index (χ0n) is 29.7. The van der Waals surface area contributed by atoms with Crippen molar-refractivity contribution in [2.24, 2.45) is 0 Å². The average Bonchev–Trinajstić information content (AvgIpc) is 3.62. The Hall–Kier alpha value is -5.20. The molecule has 0 unspecified atom stereocenters. The van der Waals surface area contributed by atoms with Crippen molar-refractivity contribution in [2.75, 3.05) is 47.1 Å². The Kier molecular flexibility index (Phi) is 11.9. The zero-order valence-corrected chi connectivity index (χ0v) is 29.7. The van der Waals surface area contributed by atoms with E-state index in [1.165, 1.54) is 7.11 Å². The molecule has 1 aliphatic heterocycles. The van der Waals surface area contributed by atoms with Gasteiger partial charge in [0.15, 0.2) is 5.69 Å². The van der Waals surface area contributed by atoms with E-state index in [0.717, 1.165) is 24.0 Å². The Labute approximate surface area is 303 Å². The van der Waals surface area contributed by atoms with Crippen LogP contribution in [0, 0.1) is 0 Å². The first-order valence-electron chi connectivity index (χ1n) is 17.7. The van der Waals surface area contributed by atoms with Crippen LogP contribution in [0.15, 0.2) is 91.3 Å². The predicted octanol–water partition coefficient (Wildman–Crippen LogP) is 5.76. The van der Waals surface area contributed by atoms with Crippen LogP contribution in [-0.2, 0) is 20.8 Å². The van der Waals surface area contributed by atoms with Crippen molar-refractivity contribution in [3.63, 3.8) is 0 Å². The van der Waals surface area contributed by atoms with Crippen LogP contribution in [0.2, 0.25) is 0 Å². The number of ether oxygens (including phenoxy) is 4. The molecule has 0 radical (unpaired) electrons. The Balaban J connectivity index is 1.27. The first-order chi connectivity index (χ1) is 25.3.